The van der Waals surface area contributed by atoms with Crippen molar-refractivity contribution in [2.75, 3.05) is 37.9 Å². The molecule has 8 heteroatoms. The van der Waals surface area contributed by atoms with Crippen molar-refractivity contribution in [3.05, 3.63) is 53.8 Å². The molecule has 4 rings (SSSR count). The molecule has 1 saturated heterocycles. The van der Waals surface area contributed by atoms with Crippen LogP contribution in [0.3, 0.4) is 0 Å². The topological polar surface area (TPSA) is 71.1 Å². The number of amides is 2. The van der Waals surface area contributed by atoms with Crippen LogP contribution >= 0.6 is 0 Å². The second-order valence-electron chi connectivity index (χ2n) is 7.64. The van der Waals surface area contributed by atoms with Crippen LogP contribution in [0.2, 0.25) is 0 Å². The van der Waals surface area contributed by atoms with Gasteiger partial charge in [-0.1, -0.05) is 18.2 Å². The molecule has 0 spiro atoms. The molecule has 31 heavy (non-hydrogen) atoms. The number of carbonyl (C=O) groups is 2. The molecule has 0 atom stereocenters. The molecular weight excluding hydrogens is 401 g/mol. The highest BCUT2D eigenvalue weighted by atomic mass is 19.1. The number of ether oxygens (including phenoxy) is 2. The van der Waals surface area contributed by atoms with E-state index in [4.69, 9.17) is 9.47 Å². The highest BCUT2D eigenvalue weighted by molar-refractivity contribution is 5.79. The Bertz CT molecular complexity index is 944. The van der Waals surface area contributed by atoms with Gasteiger partial charge < -0.3 is 24.6 Å². The second kappa shape index (κ2) is 9.68. The molecule has 2 heterocycles. The molecule has 2 aromatic rings. The predicted octanol–water partition coefficient (Wildman–Crippen LogP) is 2.69. The Hall–Kier alpha value is -3.29. The summed E-state index contributed by atoms with van der Waals surface area (Å²) in [6, 6.07) is 12.3. The fourth-order valence-electron chi connectivity index (χ4n) is 3.80. The van der Waals surface area contributed by atoms with Crippen molar-refractivity contribution in [3.63, 3.8) is 0 Å². The summed E-state index contributed by atoms with van der Waals surface area (Å²) in [5.41, 5.74) is 1.51. The van der Waals surface area contributed by atoms with Gasteiger partial charge in [-0.2, -0.15) is 0 Å². The number of halogens is 1. The number of fused-ring (bicyclic) bond motifs is 1. The van der Waals surface area contributed by atoms with E-state index in [0.717, 1.165) is 5.56 Å². The van der Waals surface area contributed by atoms with Crippen LogP contribution in [-0.4, -0.2) is 49.7 Å². The third-order valence-electron chi connectivity index (χ3n) is 5.55. The van der Waals surface area contributed by atoms with Crippen LogP contribution in [-0.2, 0) is 16.1 Å². The quantitative estimate of drug-likeness (QED) is 0.736. The molecule has 164 valence electrons. The first-order valence-electron chi connectivity index (χ1n) is 10.5. The first kappa shape index (κ1) is 21.0. The molecule has 2 amide bonds. The van der Waals surface area contributed by atoms with Gasteiger partial charge in [0.05, 0.1) is 5.69 Å². The fraction of sp³-hybridized carbons (Fsp3) is 0.391. The third kappa shape index (κ3) is 5.25. The molecule has 2 aliphatic heterocycles. The molecule has 1 fully saturated rings. The zero-order chi connectivity index (χ0) is 21.6. The van der Waals surface area contributed by atoms with E-state index in [1.54, 1.807) is 17.0 Å². The fourth-order valence-corrected chi connectivity index (χ4v) is 3.80. The smallest absolute Gasteiger partial charge is 0.231 e. The van der Waals surface area contributed by atoms with Crippen molar-refractivity contribution in [2.45, 2.75) is 25.8 Å². The summed E-state index contributed by atoms with van der Waals surface area (Å²) in [4.78, 5) is 28.3. The van der Waals surface area contributed by atoms with Crippen molar-refractivity contribution < 1.29 is 23.5 Å². The molecule has 1 N–H and O–H groups in total. The van der Waals surface area contributed by atoms with Crippen molar-refractivity contribution >= 4 is 17.5 Å². The molecule has 0 saturated carbocycles. The van der Waals surface area contributed by atoms with Crippen LogP contribution in [0.25, 0.3) is 0 Å². The normalized spacial score (nSPS) is 15.1. The Labute approximate surface area is 180 Å². The van der Waals surface area contributed by atoms with Crippen LogP contribution in [0.4, 0.5) is 10.1 Å². The highest BCUT2D eigenvalue weighted by Gasteiger charge is 2.22. The van der Waals surface area contributed by atoms with Gasteiger partial charge in [0.15, 0.2) is 11.5 Å². The Morgan fingerprint density at radius 2 is 1.74 bits per heavy atom. The van der Waals surface area contributed by atoms with Crippen molar-refractivity contribution in [3.8, 4) is 11.5 Å². The first-order chi connectivity index (χ1) is 15.1. The Kier molecular flexibility index (Phi) is 6.54. The third-order valence-corrected chi connectivity index (χ3v) is 5.55. The first-order valence-corrected chi connectivity index (χ1v) is 10.5. The maximum atomic E-state index is 13.9. The molecule has 7 nitrogen and oxygen atoms in total. The Morgan fingerprint density at radius 3 is 2.55 bits per heavy atom. The van der Waals surface area contributed by atoms with E-state index in [0.29, 0.717) is 69.2 Å². The van der Waals surface area contributed by atoms with Gasteiger partial charge in [-0.05, 0) is 36.2 Å². The number of carbonyl (C=O) groups excluding carboxylic acids is 2. The number of hydrogen-bond donors (Lipinski definition) is 1. The zero-order valence-corrected chi connectivity index (χ0v) is 17.3. The highest BCUT2D eigenvalue weighted by Crippen LogP contribution is 2.32. The number of anilines is 1. The lowest BCUT2D eigenvalue weighted by Crippen LogP contribution is -2.49. The minimum Gasteiger partial charge on any atom is -0.454 e. The number of piperazine rings is 1. The number of para-hydroxylation sites is 1. The van der Waals surface area contributed by atoms with Gasteiger partial charge in [0.25, 0.3) is 0 Å². The average molecular weight is 427 g/mol. The lowest BCUT2D eigenvalue weighted by Gasteiger charge is -2.36. The molecule has 0 unspecified atom stereocenters. The van der Waals surface area contributed by atoms with Gasteiger partial charge in [-0.25, -0.2) is 4.39 Å². The largest absolute Gasteiger partial charge is 0.454 e. The Balaban J connectivity index is 1.14. The standard InChI is InChI=1S/C23H26FN3O4/c24-18-4-1-2-5-19(18)26-10-12-27(13-11-26)23(29)7-3-6-22(28)25-15-17-8-9-20-21(14-17)31-16-30-20/h1-2,4-5,8-9,14H,3,6-7,10-13,15-16H2,(H,25,28). The monoisotopic (exact) mass is 427 g/mol. The number of nitrogens with zero attached hydrogens (tertiary/aromatic N) is 2. The van der Waals surface area contributed by atoms with E-state index in [9.17, 15) is 14.0 Å². The summed E-state index contributed by atoms with van der Waals surface area (Å²) in [5, 5.41) is 2.87. The minimum atomic E-state index is -0.242. The van der Waals surface area contributed by atoms with Crippen LogP contribution in [0.5, 0.6) is 11.5 Å². The summed E-state index contributed by atoms with van der Waals surface area (Å²) in [6.45, 7) is 2.94. The molecule has 2 aromatic carbocycles. The van der Waals surface area contributed by atoms with Gasteiger partial charge in [0.2, 0.25) is 18.6 Å². The van der Waals surface area contributed by atoms with Gasteiger partial charge in [-0.15, -0.1) is 0 Å². The number of rotatable bonds is 7. The molecule has 0 aromatic heterocycles. The van der Waals surface area contributed by atoms with Gasteiger partial charge in [-0.3, -0.25) is 9.59 Å². The summed E-state index contributed by atoms with van der Waals surface area (Å²) in [5.74, 6) is 1.11. The average Bonchev–Trinajstić information content (AvgIpc) is 3.26. The van der Waals surface area contributed by atoms with Crippen LogP contribution < -0.4 is 19.7 Å². The molecule has 0 aliphatic carbocycles. The Morgan fingerprint density at radius 1 is 0.968 bits per heavy atom. The zero-order valence-electron chi connectivity index (χ0n) is 17.3. The van der Waals surface area contributed by atoms with E-state index in [2.05, 4.69) is 5.32 Å². The predicted molar refractivity (Wildman–Crippen MR) is 113 cm³/mol. The minimum absolute atomic E-state index is 0.0387. The maximum absolute atomic E-state index is 13.9. The molecule has 2 aliphatic rings. The van der Waals surface area contributed by atoms with Crippen LogP contribution in [0, 0.1) is 5.82 Å². The number of hydrogen-bond acceptors (Lipinski definition) is 5. The summed E-state index contributed by atoms with van der Waals surface area (Å²) in [6.07, 6.45) is 1.13. The van der Waals surface area contributed by atoms with Crippen LogP contribution in [0.1, 0.15) is 24.8 Å². The maximum Gasteiger partial charge on any atom is 0.231 e. The summed E-state index contributed by atoms with van der Waals surface area (Å²) >= 11 is 0. The lowest BCUT2D eigenvalue weighted by molar-refractivity contribution is -0.131. The summed E-state index contributed by atoms with van der Waals surface area (Å²) in [7, 11) is 0. The number of benzene rings is 2. The van der Waals surface area contributed by atoms with E-state index >= 15 is 0 Å². The lowest BCUT2D eigenvalue weighted by atomic mass is 10.1. The van der Waals surface area contributed by atoms with E-state index in [1.165, 1.54) is 6.07 Å². The molecular formula is C23H26FN3O4. The van der Waals surface area contributed by atoms with Crippen molar-refractivity contribution in [1.82, 2.24) is 10.2 Å². The van der Waals surface area contributed by atoms with E-state index < -0.39 is 0 Å². The SMILES string of the molecule is O=C(CCCC(=O)N1CCN(c2ccccc2F)CC1)NCc1ccc2c(c1)OCO2. The van der Waals surface area contributed by atoms with E-state index in [-0.39, 0.29) is 24.4 Å². The molecule has 0 bridgehead atoms. The van der Waals surface area contributed by atoms with Gasteiger partial charge >= 0.3 is 0 Å². The van der Waals surface area contributed by atoms with Crippen LogP contribution in [0.15, 0.2) is 42.5 Å². The van der Waals surface area contributed by atoms with E-state index in [1.807, 2.05) is 29.2 Å². The van der Waals surface area contributed by atoms with Gasteiger partial charge in [0, 0.05) is 45.6 Å². The second-order valence-corrected chi connectivity index (χ2v) is 7.64. The van der Waals surface area contributed by atoms with Crippen molar-refractivity contribution in [1.29, 1.82) is 0 Å². The number of nitrogens with one attached hydrogen (secondary N) is 1. The summed E-state index contributed by atoms with van der Waals surface area (Å²) < 4.78 is 24.5. The van der Waals surface area contributed by atoms with Gasteiger partial charge in [0.1, 0.15) is 5.82 Å². The van der Waals surface area contributed by atoms with Crippen molar-refractivity contribution in [2.24, 2.45) is 0 Å². The molecule has 0 radical (unpaired) electrons.